The third-order valence-corrected chi connectivity index (χ3v) is 3.12. The zero-order valence-electron chi connectivity index (χ0n) is 11.4. The maximum atomic E-state index is 5.90. The van der Waals surface area contributed by atoms with Gasteiger partial charge in [0.15, 0.2) is 0 Å². The first-order valence-electron chi connectivity index (χ1n) is 6.50. The van der Waals surface area contributed by atoms with Crippen LogP contribution in [0.4, 0.5) is 0 Å². The molecule has 0 unspecified atom stereocenters. The van der Waals surface area contributed by atoms with E-state index in [4.69, 9.17) is 26.8 Å². The number of nitrogens with two attached hydrogens (primary N) is 1. The van der Waals surface area contributed by atoms with Crippen LogP contribution in [0.5, 0.6) is 11.5 Å². The zero-order valence-corrected chi connectivity index (χ0v) is 12.2. The second-order valence-electron chi connectivity index (χ2n) is 4.46. The molecule has 20 heavy (non-hydrogen) atoms. The Kier molecular flexibility index (Phi) is 5.27. The molecule has 0 aliphatic rings. The van der Waals surface area contributed by atoms with Crippen molar-refractivity contribution in [2.24, 2.45) is 5.73 Å². The lowest BCUT2D eigenvalue weighted by Crippen LogP contribution is -2.09. The molecule has 0 radical (unpaired) electrons. The largest absolute Gasteiger partial charge is 0.490 e. The summed E-state index contributed by atoms with van der Waals surface area (Å²) in [5.74, 6) is 1.64. The Morgan fingerprint density at radius 3 is 2.60 bits per heavy atom. The fourth-order valence-electron chi connectivity index (χ4n) is 1.85. The summed E-state index contributed by atoms with van der Waals surface area (Å²) in [5.41, 5.74) is 7.66. The molecule has 0 heterocycles. The van der Waals surface area contributed by atoms with Crippen LogP contribution >= 0.6 is 11.6 Å². The van der Waals surface area contributed by atoms with E-state index in [9.17, 15) is 0 Å². The van der Waals surface area contributed by atoms with E-state index in [0.29, 0.717) is 24.8 Å². The summed E-state index contributed by atoms with van der Waals surface area (Å²) in [4.78, 5) is 0. The molecular weight excluding hydrogens is 274 g/mol. The molecule has 0 aliphatic heterocycles. The topological polar surface area (TPSA) is 44.5 Å². The van der Waals surface area contributed by atoms with Crippen LogP contribution in [0.15, 0.2) is 42.5 Å². The fraction of sp³-hybridized carbons (Fsp3) is 0.250. The number of halogens is 1. The van der Waals surface area contributed by atoms with Crippen LogP contribution in [-0.2, 0) is 6.54 Å². The molecule has 0 saturated carbocycles. The molecule has 2 aromatic carbocycles. The van der Waals surface area contributed by atoms with Gasteiger partial charge in [-0.15, -0.1) is 0 Å². The van der Waals surface area contributed by atoms with Crippen LogP contribution in [-0.4, -0.2) is 13.2 Å². The summed E-state index contributed by atoms with van der Waals surface area (Å²) in [6.45, 7) is 3.44. The van der Waals surface area contributed by atoms with Crippen molar-refractivity contribution in [3.05, 3.63) is 58.6 Å². The van der Waals surface area contributed by atoms with Crippen molar-refractivity contribution in [2.45, 2.75) is 13.5 Å². The molecule has 0 aromatic heterocycles. The standard InChI is InChI=1S/C16H18ClNO2/c1-12-9-14(17)5-6-16(12)20-8-7-19-15-4-2-3-13(10-15)11-18/h2-6,9-10H,7-8,11,18H2,1H3. The SMILES string of the molecule is Cc1cc(Cl)ccc1OCCOc1cccc(CN)c1. The minimum Gasteiger partial charge on any atom is -0.490 e. The Labute approximate surface area is 124 Å². The minimum absolute atomic E-state index is 0.481. The highest BCUT2D eigenvalue weighted by Crippen LogP contribution is 2.21. The molecule has 0 saturated heterocycles. The molecule has 0 bridgehead atoms. The van der Waals surface area contributed by atoms with Crippen LogP contribution in [0, 0.1) is 6.92 Å². The molecule has 106 valence electrons. The first-order chi connectivity index (χ1) is 9.69. The van der Waals surface area contributed by atoms with E-state index in [-0.39, 0.29) is 0 Å². The Hall–Kier alpha value is -1.71. The van der Waals surface area contributed by atoms with E-state index in [1.54, 1.807) is 0 Å². The van der Waals surface area contributed by atoms with Crippen LogP contribution in [0.2, 0.25) is 5.02 Å². The molecule has 2 N–H and O–H groups in total. The van der Waals surface area contributed by atoms with Crippen molar-refractivity contribution in [3.8, 4) is 11.5 Å². The molecule has 4 heteroatoms. The van der Waals surface area contributed by atoms with E-state index in [0.717, 1.165) is 22.6 Å². The van der Waals surface area contributed by atoms with Gasteiger partial charge in [-0.2, -0.15) is 0 Å². The van der Waals surface area contributed by atoms with Gasteiger partial charge in [0.2, 0.25) is 0 Å². The Balaban J connectivity index is 1.81. The third kappa shape index (κ3) is 4.15. The first-order valence-corrected chi connectivity index (χ1v) is 6.87. The van der Waals surface area contributed by atoms with Crippen molar-refractivity contribution >= 4 is 11.6 Å². The lowest BCUT2D eigenvalue weighted by molar-refractivity contribution is 0.216. The normalized spacial score (nSPS) is 10.3. The first kappa shape index (κ1) is 14.7. The van der Waals surface area contributed by atoms with Crippen LogP contribution < -0.4 is 15.2 Å². The smallest absolute Gasteiger partial charge is 0.122 e. The summed E-state index contributed by atoms with van der Waals surface area (Å²) in [7, 11) is 0. The number of aryl methyl sites for hydroxylation is 1. The van der Waals surface area contributed by atoms with E-state index in [2.05, 4.69) is 0 Å². The molecule has 0 amide bonds. The third-order valence-electron chi connectivity index (χ3n) is 2.88. The molecule has 2 aromatic rings. The Bertz CT molecular complexity index is 572. The van der Waals surface area contributed by atoms with Crippen molar-refractivity contribution < 1.29 is 9.47 Å². The minimum atomic E-state index is 0.481. The maximum Gasteiger partial charge on any atom is 0.122 e. The summed E-state index contributed by atoms with van der Waals surface area (Å²) >= 11 is 5.90. The van der Waals surface area contributed by atoms with Gasteiger partial charge in [-0.1, -0.05) is 23.7 Å². The van der Waals surface area contributed by atoms with Gasteiger partial charge in [-0.25, -0.2) is 0 Å². The van der Waals surface area contributed by atoms with Crippen molar-refractivity contribution in [3.63, 3.8) is 0 Å². The molecule has 3 nitrogen and oxygen atoms in total. The molecular formula is C16H18ClNO2. The van der Waals surface area contributed by atoms with E-state index < -0.39 is 0 Å². The summed E-state index contributed by atoms with van der Waals surface area (Å²) < 4.78 is 11.3. The predicted molar refractivity (Wildman–Crippen MR) is 81.5 cm³/mol. The fourth-order valence-corrected chi connectivity index (χ4v) is 2.07. The highest BCUT2D eigenvalue weighted by atomic mass is 35.5. The molecule has 0 atom stereocenters. The maximum absolute atomic E-state index is 5.90. The van der Waals surface area contributed by atoms with E-state index in [1.165, 1.54) is 0 Å². The van der Waals surface area contributed by atoms with Gasteiger partial charge < -0.3 is 15.2 Å². The van der Waals surface area contributed by atoms with Gasteiger partial charge in [0.05, 0.1) is 0 Å². The van der Waals surface area contributed by atoms with Gasteiger partial charge in [0.25, 0.3) is 0 Å². The van der Waals surface area contributed by atoms with Crippen molar-refractivity contribution in [1.82, 2.24) is 0 Å². The van der Waals surface area contributed by atoms with Gasteiger partial charge in [0, 0.05) is 11.6 Å². The van der Waals surface area contributed by atoms with Crippen LogP contribution in [0.25, 0.3) is 0 Å². The number of benzene rings is 2. The van der Waals surface area contributed by atoms with E-state index in [1.807, 2.05) is 49.4 Å². The van der Waals surface area contributed by atoms with Crippen LogP contribution in [0.1, 0.15) is 11.1 Å². The number of hydrogen-bond acceptors (Lipinski definition) is 3. The Morgan fingerprint density at radius 1 is 1.05 bits per heavy atom. The second kappa shape index (κ2) is 7.17. The predicted octanol–water partition coefficient (Wildman–Crippen LogP) is 3.56. The molecule has 0 fully saturated rings. The second-order valence-corrected chi connectivity index (χ2v) is 4.89. The molecule has 0 aliphatic carbocycles. The molecule has 2 rings (SSSR count). The average Bonchev–Trinajstić information content (AvgIpc) is 2.45. The molecule has 0 spiro atoms. The number of ether oxygens (including phenoxy) is 2. The van der Waals surface area contributed by atoms with Crippen LogP contribution in [0.3, 0.4) is 0 Å². The highest BCUT2D eigenvalue weighted by Gasteiger charge is 2.01. The highest BCUT2D eigenvalue weighted by molar-refractivity contribution is 6.30. The van der Waals surface area contributed by atoms with Gasteiger partial charge in [0.1, 0.15) is 24.7 Å². The Morgan fingerprint density at radius 2 is 1.85 bits per heavy atom. The number of rotatable bonds is 6. The lowest BCUT2D eigenvalue weighted by atomic mass is 10.2. The van der Waals surface area contributed by atoms with Gasteiger partial charge in [-0.3, -0.25) is 0 Å². The van der Waals surface area contributed by atoms with Gasteiger partial charge in [-0.05, 0) is 48.4 Å². The summed E-state index contributed by atoms with van der Waals surface area (Å²) in [6.07, 6.45) is 0. The van der Waals surface area contributed by atoms with Crippen molar-refractivity contribution in [1.29, 1.82) is 0 Å². The zero-order chi connectivity index (χ0) is 14.4. The monoisotopic (exact) mass is 291 g/mol. The average molecular weight is 292 g/mol. The van der Waals surface area contributed by atoms with Gasteiger partial charge >= 0.3 is 0 Å². The van der Waals surface area contributed by atoms with E-state index >= 15 is 0 Å². The summed E-state index contributed by atoms with van der Waals surface area (Å²) in [6, 6.07) is 13.3. The number of hydrogen-bond donors (Lipinski definition) is 1. The summed E-state index contributed by atoms with van der Waals surface area (Å²) in [5, 5.41) is 0.713. The lowest BCUT2D eigenvalue weighted by Gasteiger charge is -2.11. The quantitative estimate of drug-likeness (QED) is 0.828. The van der Waals surface area contributed by atoms with Crippen molar-refractivity contribution in [2.75, 3.05) is 13.2 Å².